The SMILES string of the molecule is CNC(=O)C1COCCN1CC(=O)c1ccccc1F. The van der Waals surface area contributed by atoms with Crippen molar-refractivity contribution in [2.75, 3.05) is 33.4 Å². The summed E-state index contributed by atoms with van der Waals surface area (Å²) in [7, 11) is 1.54. The van der Waals surface area contributed by atoms with E-state index in [0.717, 1.165) is 0 Å². The summed E-state index contributed by atoms with van der Waals surface area (Å²) < 4.78 is 18.8. The fourth-order valence-corrected chi connectivity index (χ4v) is 2.19. The topological polar surface area (TPSA) is 58.6 Å². The van der Waals surface area contributed by atoms with E-state index in [1.54, 1.807) is 11.0 Å². The van der Waals surface area contributed by atoms with Crippen LogP contribution in [-0.2, 0) is 9.53 Å². The maximum Gasteiger partial charge on any atom is 0.239 e. The Balaban J connectivity index is 2.09. The minimum absolute atomic E-state index is 0.00236. The van der Waals surface area contributed by atoms with Gasteiger partial charge in [0.1, 0.15) is 11.9 Å². The lowest BCUT2D eigenvalue weighted by Crippen LogP contribution is -2.54. The maximum absolute atomic E-state index is 13.6. The van der Waals surface area contributed by atoms with Crippen LogP contribution in [0.1, 0.15) is 10.4 Å². The fourth-order valence-electron chi connectivity index (χ4n) is 2.19. The smallest absolute Gasteiger partial charge is 0.239 e. The molecule has 1 aromatic carbocycles. The predicted molar refractivity (Wildman–Crippen MR) is 71.0 cm³/mol. The van der Waals surface area contributed by atoms with E-state index in [1.165, 1.54) is 25.2 Å². The zero-order chi connectivity index (χ0) is 14.5. The van der Waals surface area contributed by atoms with E-state index in [-0.39, 0.29) is 30.4 Å². The number of hydrogen-bond donors (Lipinski definition) is 1. The molecule has 1 heterocycles. The van der Waals surface area contributed by atoms with Crippen LogP contribution in [0, 0.1) is 5.82 Å². The van der Waals surface area contributed by atoms with Gasteiger partial charge in [0.15, 0.2) is 5.78 Å². The highest BCUT2D eigenvalue weighted by atomic mass is 19.1. The van der Waals surface area contributed by atoms with Crippen LogP contribution in [0.5, 0.6) is 0 Å². The Kier molecular flexibility index (Phi) is 4.81. The van der Waals surface area contributed by atoms with Gasteiger partial charge in [-0.05, 0) is 12.1 Å². The molecule has 0 spiro atoms. The molecule has 0 aliphatic carbocycles. The summed E-state index contributed by atoms with van der Waals surface area (Å²) in [5.41, 5.74) is 0.0506. The number of halogens is 1. The normalized spacial score (nSPS) is 19.6. The highest BCUT2D eigenvalue weighted by Gasteiger charge is 2.30. The average Bonchev–Trinajstić information content (AvgIpc) is 2.47. The molecule has 1 unspecified atom stereocenters. The lowest BCUT2D eigenvalue weighted by molar-refractivity contribution is -0.131. The molecule has 108 valence electrons. The van der Waals surface area contributed by atoms with E-state index >= 15 is 0 Å². The van der Waals surface area contributed by atoms with Crippen LogP contribution < -0.4 is 5.32 Å². The number of rotatable bonds is 4. The molecular weight excluding hydrogens is 263 g/mol. The Bertz CT molecular complexity index is 507. The first kappa shape index (κ1) is 14.6. The fraction of sp³-hybridized carbons (Fsp3) is 0.429. The Morgan fingerprint density at radius 3 is 2.90 bits per heavy atom. The largest absolute Gasteiger partial charge is 0.378 e. The van der Waals surface area contributed by atoms with Crippen molar-refractivity contribution in [1.82, 2.24) is 10.2 Å². The van der Waals surface area contributed by atoms with Crippen LogP contribution in [0.4, 0.5) is 4.39 Å². The number of carbonyl (C=O) groups is 2. The average molecular weight is 280 g/mol. The third-order valence-corrected chi connectivity index (χ3v) is 3.31. The molecule has 6 heteroatoms. The highest BCUT2D eigenvalue weighted by Crippen LogP contribution is 2.12. The highest BCUT2D eigenvalue weighted by molar-refractivity contribution is 5.98. The zero-order valence-electron chi connectivity index (χ0n) is 11.3. The zero-order valence-corrected chi connectivity index (χ0v) is 11.3. The number of benzene rings is 1. The standard InChI is InChI=1S/C14H17FN2O3/c1-16-14(19)12-9-20-7-6-17(12)8-13(18)10-4-2-3-5-11(10)15/h2-5,12H,6-9H2,1H3,(H,16,19). The first-order valence-corrected chi connectivity index (χ1v) is 6.44. The number of ether oxygens (including phenoxy) is 1. The van der Waals surface area contributed by atoms with Crippen molar-refractivity contribution in [3.8, 4) is 0 Å². The van der Waals surface area contributed by atoms with Crippen molar-refractivity contribution in [2.45, 2.75) is 6.04 Å². The number of amides is 1. The van der Waals surface area contributed by atoms with Gasteiger partial charge in [0.25, 0.3) is 0 Å². The van der Waals surface area contributed by atoms with Gasteiger partial charge in [0.2, 0.25) is 5.91 Å². The Morgan fingerprint density at radius 1 is 1.45 bits per heavy atom. The molecule has 20 heavy (non-hydrogen) atoms. The number of likely N-dealkylation sites (N-methyl/N-ethyl adjacent to an activating group) is 1. The lowest BCUT2D eigenvalue weighted by atomic mass is 10.1. The molecule has 2 rings (SSSR count). The first-order valence-electron chi connectivity index (χ1n) is 6.44. The number of nitrogens with zero attached hydrogens (tertiary/aromatic N) is 1. The molecular formula is C14H17FN2O3. The van der Waals surface area contributed by atoms with Crippen LogP contribution in [-0.4, -0.2) is 56.0 Å². The van der Waals surface area contributed by atoms with Crippen LogP contribution in [0.25, 0.3) is 0 Å². The summed E-state index contributed by atoms with van der Waals surface area (Å²) in [6.45, 7) is 1.17. The van der Waals surface area contributed by atoms with Gasteiger partial charge < -0.3 is 10.1 Å². The molecule has 1 aliphatic heterocycles. The van der Waals surface area contributed by atoms with Crippen molar-refractivity contribution in [3.63, 3.8) is 0 Å². The van der Waals surface area contributed by atoms with Crippen LogP contribution >= 0.6 is 0 Å². The second kappa shape index (κ2) is 6.58. The van der Waals surface area contributed by atoms with E-state index in [0.29, 0.717) is 13.2 Å². The van der Waals surface area contributed by atoms with E-state index < -0.39 is 11.9 Å². The molecule has 0 saturated carbocycles. The Labute approximate surface area is 116 Å². The molecule has 1 aromatic rings. The third kappa shape index (κ3) is 3.20. The molecule has 0 bridgehead atoms. The van der Waals surface area contributed by atoms with E-state index in [1.807, 2.05) is 0 Å². The molecule has 1 saturated heterocycles. The number of ketones is 1. The lowest BCUT2D eigenvalue weighted by Gasteiger charge is -2.33. The Morgan fingerprint density at radius 2 is 2.20 bits per heavy atom. The molecule has 1 aliphatic rings. The summed E-state index contributed by atoms with van der Waals surface area (Å²) in [5.74, 6) is -1.08. The summed E-state index contributed by atoms with van der Waals surface area (Å²) in [6.07, 6.45) is 0. The van der Waals surface area contributed by atoms with Crippen LogP contribution in [0.2, 0.25) is 0 Å². The molecule has 5 nitrogen and oxygen atoms in total. The van der Waals surface area contributed by atoms with Gasteiger partial charge in [-0.2, -0.15) is 0 Å². The first-order chi connectivity index (χ1) is 9.63. The molecule has 1 atom stereocenters. The van der Waals surface area contributed by atoms with E-state index in [2.05, 4.69) is 5.32 Å². The molecule has 1 N–H and O–H groups in total. The number of carbonyl (C=O) groups excluding carboxylic acids is 2. The van der Waals surface area contributed by atoms with Gasteiger partial charge in [-0.15, -0.1) is 0 Å². The number of nitrogens with one attached hydrogen (secondary N) is 1. The second-order valence-corrected chi connectivity index (χ2v) is 4.58. The van der Waals surface area contributed by atoms with Crippen molar-refractivity contribution in [3.05, 3.63) is 35.6 Å². The van der Waals surface area contributed by atoms with Crippen molar-refractivity contribution >= 4 is 11.7 Å². The van der Waals surface area contributed by atoms with Crippen molar-refractivity contribution in [2.24, 2.45) is 0 Å². The van der Waals surface area contributed by atoms with E-state index in [9.17, 15) is 14.0 Å². The summed E-state index contributed by atoms with van der Waals surface area (Å²) in [5, 5.41) is 2.54. The van der Waals surface area contributed by atoms with Gasteiger partial charge in [-0.3, -0.25) is 14.5 Å². The van der Waals surface area contributed by atoms with Crippen molar-refractivity contribution < 1.29 is 18.7 Å². The van der Waals surface area contributed by atoms with Gasteiger partial charge >= 0.3 is 0 Å². The second-order valence-electron chi connectivity index (χ2n) is 4.58. The van der Waals surface area contributed by atoms with Gasteiger partial charge in [-0.25, -0.2) is 4.39 Å². The van der Waals surface area contributed by atoms with Gasteiger partial charge in [0, 0.05) is 13.6 Å². The van der Waals surface area contributed by atoms with Crippen molar-refractivity contribution in [1.29, 1.82) is 0 Å². The number of Topliss-reactive ketones (excluding diaryl/α,β-unsaturated/α-hetero) is 1. The molecule has 1 fully saturated rings. The maximum atomic E-state index is 13.6. The van der Waals surface area contributed by atoms with Gasteiger partial charge in [-0.1, -0.05) is 12.1 Å². The third-order valence-electron chi connectivity index (χ3n) is 3.31. The summed E-state index contributed by atoms with van der Waals surface area (Å²) in [4.78, 5) is 25.6. The minimum Gasteiger partial charge on any atom is -0.378 e. The Hall–Kier alpha value is -1.79. The molecule has 0 radical (unpaired) electrons. The number of hydrogen-bond acceptors (Lipinski definition) is 4. The van der Waals surface area contributed by atoms with Crippen LogP contribution in [0.15, 0.2) is 24.3 Å². The molecule has 0 aromatic heterocycles. The monoisotopic (exact) mass is 280 g/mol. The molecule has 1 amide bonds. The quantitative estimate of drug-likeness (QED) is 0.814. The summed E-state index contributed by atoms with van der Waals surface area (Å²) >= 11 is 0. The minimum atomic E-state index is -0.540. The van der Waals surface area contributed by atoms with Crippen LogP contribution in [0.3, 0.4) is 0 Å². The van der Waals surface area contributed by atoms with E-state index in [4.69, 9.17) is 4.74 Å². The predicted octanol–water partition coefficient (Wildman–Crippen LogP) is 0.455. The number of morpholine rings is 1. The summed E-state index contributed by atoms with van der Waals surface area (Å²) in [6, 6.07) is 5.35. The van der Waals surface area contributed by atoms with Gasteiger partial charge in [0.05, 0.1) is 25.3 Å².